The number of rotatable bonds is 6. The lowest BCUT2D eigenvalue weighted by Gasteiger charge is -2.08. The van der Waals surface area contributed by atoms with Gasteiger partial charge >= 0.3 is 0 Å². The molecule has 0 saturated heterocycles. The van der Waals surface area contributed by atoms with Gasteiger partial charge < -0.3 is 10.2 Å². The fourth-order valence-corrected chi connectivity index (χ4v) is 2.70. The zero-order valence-electron chi connectivity index (χ0n) is 12.2. The van der Waals surface area contributed by atoms with Crippen molar-refractivity contribution in [2.75, 3.05) is 0 Å². The SMILES string of the molecule is Cc1cccc(CSc2nnc([C@@H](N)CC(C)C)o2)c1. The number of nitrogens with two attached hydrogens (primary N) is 1. The molecule has 2 rings (SSSR count). The zero-order valence-corrected chi connectivity index (χ0v) is 13.0. The highest BCUT2D eigenvalue weighted by Gasteiger charge is 2.16. The number of thioether (sulfide) groups is 1. The molecule has 0 unspecified atom stereocenters. The Hall–Kier alpha value is -1.33. The molecule has 0 radical (unpaired) electrons. The topological polar surface area (TPSA) is 64.9 Å². The molecular formula is C15H21N3OS. The van der Waals surface area contributed by atoms with Crippen molar-refractivity contribution in [3.8, 4) is 0 Å². The summed E-state index contributed by atoms with van der Waals surface area (Å²) in [5.74, 6) is 1.87. The molecule has 5 heteroatoms. The van der Waals surface area contributed by atoms with Crippen LogP contribution in [-0.4, -0.2) is 10.2 Å². The monoisotopic (exact) mass is 291 g/mol. The summed E-state index contributed by atoms with van der Waals surface area (Å²) in [5, 5.41) is 8.67. The minimum Gasteiger partial charge on any atom is -0.414 e. The number of hydrogen-bond donors (Lipinski definition) is 1. The van der Waals surface area contributed by atoms with Crippen LogP contribution in [0.3, 0.4) is 0 Å². The van der Waals surface area contributed by atoms with Crippen LogP contribution in [0.2, 0.25) is 0 Å². The molecule has 1 aromatic carbocycles. The third-order valence-corrected chi connectivity index (χ3v) is 3.80. The Morgan fingerprint density at radius 2 is 2.10 bits per heavy atom. The van der Waals surface area contributed by atoms with Crippen molar-refractivity contribution in [1.29, 1.82) is 0 Å². The summed E-state index contributed by atoms with van der Waals surface area (Å²) < 4.78 is 5.61. The maximum absolute atomic E-state index is 6.03. The van der Waals surface area contributed by atoms with Gasteiger partial charge in [-0.3, -0.25) is 0 Å². The van der Waals surface area contributed by atoms with E-state index < -0.39 is 0 Å². The summed E-state index contributed by atoms with van der Waals surface area (Å²) in [6.07, 6.45) is 0.851. The predicted molar refractivity (Wildman–Crippen MR) is 81.4 cm³/mol. The van der Waals surface area contributed by atoms with Crippen LogP contribution in [0.15, 0.2) is 33.9 Å². The van der Waals surface area contributed by atoms with Crippen molar-refractivity contribution in [3.63, 3.8) is 0 Å². The maximum atomic E-state index is 6.03. The van der Waals surface area contributed by atoms with Gasteiger partial charge in [0.2, 0.25) is 5.89 Å². The van der Waals surface area contributed by atoms with E-state index in [1.54, 1.807) is 11.8 Å². The van der Waals surface area contributed by atoms with E-state index in [4.69, 9.17) is 10.2 Å². The first-order valence-corrected chi connectivity index (χ1v) is 7.80. The van der Waals surface area contributed by atoms with Crippen LogP contribution in [-0.2, 0) is 5.75 Å². The molecule has 4 nitrogen and oxygen atoms in total. The average molecular weight is 291 g/mol. The van der Waals surface area contributed by atoms with Crippen LogP contribution >= 0.6 is 11.8 Å². The number of nitrogens with zero attached hydrogens (tertiary/aromatic N) is 2. The predicted octanol–water partition coefficient (Wildman–Crippen LogP) is 3.72. The van der Waals surface area contributed by atoms with E-state index in [0.717, 1.165) is 12.2 Å². The number of benzene rings is 1. The highest BCUT2D eigenvalue weighted by Crippen LogP contribution is 2.25. The van der Waals surface area contributed by atoms with Crippen LogP contribution in [0, 0.1) is 12.8 Å². The Morgan fingerprint density at radius 3 is 2.80 bits per heavy atom. The number of hydrogen-bond acceptors (Lipinski definition) is 5. The van der Waals surface area contributed by atoms with Crippen molar-refractivity contribution in [1.82, 2.24) is 10.2 Å². The van der Waals surface area contributed by atoms with Gasteiger partial charge in [0.15, 0.2) is 0 Å². The lowest BCUT2D eigenvalue weighted by Crippen LogP contribution is -2.13. The van der Waals surface area contributed by atoms with Crippen LogP contribution in [0.1, 0.15) is 43.3 Å². The maximum Gasteiger partial charge on any atom is 0.276 e. The van der Waals surface area contributed by atoms with Crippen LogP contribution in [0.4, 0.5) is 0 Å². The molecule has 0 amide bonds. The van der Waals surface area contributed by atoms with Crippen LogP contribution in [0.5, 0.6) is 0 Å². The van der Waals surface area contributed by atoms with E-state index in [1.807, 2.05) is 0 Å². The lowest BCUT2D eigenvalue weighted by molar-refractivity contribution is 0.361. The highest BCUT2D eigenvalue weighted by molar-refractivity contribution is 7.98. The average Bonchev–Trinajstić information content (AvgIpc) is 2.84. The minimum absolute atomic E-state index is 0.171. The molecule has 1 heterocycles. The Labute approximate surface area is 124 Å². The molecule has 1 atom stereocenters. The Kier molecular flexibility index (Phi) is 5.20. The third-order valence-electron chi connectivity index (χ3n) is 2.91. The molecule has 108 valence electrons. The molecule has 2 N–H and O–H groups in total. The van der Waals surface area contributed by atoms with Crippen LogP contribution < -0.4 is 5.73 Å². The van der Waals surface area contributed by atoms with Crippen LogP contribution in [0.25, 0.3) is 0 Å². The second-order valence-corrected chi connectivity index (χ2v) is 6.35. The zero-order chi connectivity index (χ0) is 14.5. The second-order valence-electron chi connectivity index (χ2n) is 5.42. The van der Waals surface area contributed by atoms with Gasteiger partial charge in [0.05, 0.1) is 6.04 Å². The molecule has 0 aliphatic rings. The molecule has 0 aliphatic carbocycles. The van der Waals surface area contributed by atoms with Gasteiger partial charge in [-0.05, 0) is 24.8 Å². The lowest BCUT2D eigenvalue weighted by atomic mass is 10.1. The highest BCUT2D eigenvalue weighted by atomic mass is 32.2. The fourth-order valence-electron chi connectivity index (χ4n) is 1.98. The van der Waals surface area contributed by atoms with Gasteiger partial charge in [0.25, 0.3) is 5.22 Å². The summed E-state index contributed by atoms with van der Waals surface area (Å²) in [6.45, 7) is 6.34. The Balaban J connectivity index is 1.93. The van der Waals surface area contributed by atoms with Gasteiger partial charge in [0, 0.05) is 5.75 Å². The minimum atomic E-state index is -0.171. The summed E-state index contributed by atoms with van der Waals surface area (Å²) >= 11 is 1.54. The molecule has 0 saturated carbocycles. The normalized spacial score (nSPS) is 12.8. The first-order chi connectivity index (χ1) is 9.54. The molecule has 2 aromatic rings. The van der Waals surface area contributed by atoms with Crippen molar-refractivity contribution < 1.29 is 4.42 Å². The second kappa shape index (κ2) is 6.90. The van der Waals surface area contributed by atoms with E-state index >= 15 is 0 Å². The summed E-state index contributed by atoms with van der Waals surface area (Å²) in [7, 11) is 0. The van der Waals surface area contributed by atoms with Gasteiger partial charge in [-0.1, -0.05) is 55.4 Å². The number of aryl methyl sites for hydroxylation is 1. The van der Waals surface area contributed by atoms with Gasteiger partial charge in [0.1, 0.15) is 0 Å². The van der Waals surface area contributed by atoms with E-state index in [2.05, 4.69) is 55.2 Å². The Morgan fingerprint density at radius 1 is 1.30 bits per heavy atom. The third kappa shape index (κ3) is 4.35. The first-order valence-electron chi connectivity index (χ1n) is 6.82. The standard InChI is InChI=1S/C15H21N3OS/c1-10(2)7-13(16)14-17-18-15(19-14)20-9-12-6-4-5-11(3)8-12/h4-6,8,10,13H,7,9,16H2,1-3H3/t13-/m0/s1. The molecule has 20 heavy (non-hydrogen) atoms. The molecule has 0 fully saturated rings. The van der Waals surface area contributed by atoms with Gasteiger partial charge in [-0.25, -0.2) is 0 Å². The molecule has 0 aliphatic heterocycles. The molecule has 1 aromatic heterocycles. The largest absolute Gasteiger partial charge is 0.414 e. The van der Waals surface area contributed by atoms with E-state index in [0.29, 0.717) is 17.0 Å². The fraction of sp³-hybridized carbons (Fsp3) is 0.467. The van der Waals surface area contributed by atoms with E-state index in [9.17, 15) is 0 Å². The smallest absolute Gasteiger partial charge is 0.276 e. The van der Waals surface area contributed by atoms with Gasteiger partial charge in [-0.2, -0.15) is 0 Å². The first kappa shape index (κ1) is 15.1. The van der Waals surface area contributed by atoms with Crippen molar-refractivity contribution >= 4 is 11.8 Å². The van der Waals surface area contributed by atoms with Crippen molar-refractivity contribution in [2.45, 2.75) is 44.2 Å². The van der Waals surface area contributed by atoms with Crippen molar-refractivity contribution in [2.24, 2.45) is 11.7 Å². The number of aromatic nitrogens is 2. The molecular weight excluding hydrogens is 270 g/mol. The van der Waals surface area contributed by atoms with Gasteiger partial charge in [-0.15, -0.1) is 10.2 Å². The quantitative estimate of drug-likeness (QED) is 0.822. The molecule has 0 bridgehead atoms. The van der Waals surface area contributed by atoms with E-state index in [-0.39, 0.29) is 6.04 Å². The summed E-state index contributed by atoms with van der Waals surface area (Å²) in [5.41, 5.74) is 8.54. The van der Waals surface area contributed by atoms with Crippen molar-refractivity contribution in [3.05, 3.63) is 41.3 Å². The summed E-state index contributed by atoms with van der Waals surface area (Å²) in [6, 6.07) is 8.24. The summed E-state index contributed by atoms with van der Waals surface area (Å²) in [4.78, 5) is 0. The molecule has 0 spiro atoms. The van der Waals surface area contributed by atoms with E-state index in [1.165, 1.54) is 11.1 Å². The Bertz CT molecular complexity index is 554.